The zero-order chi connectivity index (χ0) is 9.97. The van der Waals surface area contributed by atoms with Gasteiger partial charge < -0.3 is 5.32 Å². The predicted molar refractivity (Wildman–Crippen MR) is 51.1 cm³/mol. The molecule has 1 N–H and O–H groups in total. The lowest BCUT2D eigenvalue weighted by molar-refractivity contribution is 0.601. The molecule has 1 atom stereocenters. The van der Waals surface area contributed by atoms with Gasteiger partial charge in [0.15, 0.2) is 0 Å². The van der Waals surface area contributed by atoms with Gasteiger partial charge in [0.25, 0.3) is 0 Å². The minimum atomic E-state index is -0.418. The number of nitriles is 1. The van der Waals surface area contributed by atoms with Gasteiger partial charge in [-0.15, -0.1) is 0 Å². The maximum Gasteiger partial charge on any atom is 0.141 e. The smallest absolute Gasteiger partial charge is 0.141 e. The number of benzene rings is 1. The molecule has 0 saturated carbocycles. The van der Waals surface area contributed by atoms with Gasteiger partial charge in [-0.25, -0.2) is 4.39 Å². The summed E-state index contributed by atoms with van der Waals surface area (Å²) in [5, 5.41) is 12.1. The Kier molecular flexibility index (Phi) is 2.47. The van der Waals surface area contributed by atoms with Crippen LogP contribution in [0.1, 0.15) is 30.0 Å². The van der Waals surface area contributed by atoms with Crippen molar-refractivity contribution < 1.29 is 4.39 Å². The summed E-state index contributed by atoms with van der Waals surface area (Å²) in [6.07, 6.45) is 2.07. The second kappa shape index (κ2) is 3.77. The van der Waals surface area contributed by atoms with E-state index in [4.69, 9.17) is 5.26 Å². The van der Waals surface area contributed by atoms with Gasteiger partial charge in [0.2, 0.25) is 0 Å². The molecule has 1 aliphatic rings. The van der Waals surface area contributed by atoms with Crippen molar-refractivity contribution in [3.63, 3.8) is 0 Å². The van der Waals surface area contributed by atoms with Crippen LogP contribution in [0.4, 0.5) is 4.39 Å². The summed E-state index contributed by atoms with van der Waals surface area (Å²) in [6, 6.07) is 6.89. The van der Waals surface area contributed by atoms with E-state index in [1.807, 2.05) is 12.1 Å². The van der Waals surface area contributed by atoms with Crippen LogP contribution in [0.2, 0.25) is 0 Å². The van der Waals surface area contributed by atoms with Crippen LogP contribution in [0, 0.1) is 17.1 Å². The molecule has 1 unspecified atom stereocenters. The molecule has 0 bridgehead atoms. The van der Waals surface area contributed by atoms with E-state index in [1.165, 1.54) is 6.07 Å². The molecular formula is C11H11FN2. The monoisotopic (exact) mass is 190 g/mol. The van der Waals surface area contributed by atoms with Crippen LogP contribution in [0.25, 0.3) is 0 Å². The summed E-state index contributed by atoms with van der Waals surface area (Å²) < 4.78 is 13.3. The van der Waals surface area contributed by atoms with Gasteiger partial charge in [0, 0.05) is 6.04 Å². The lowest BCUT2D eigenvalue weighted by Gasteiger charge is -2.12. The van der Waals surface area contributed by atoms with E-state index in [1.54, 1.807) is 6.07 Å². The standard InChI is InChI=1S/C11H11FN2/c12-10-4-1-3-8(9(10)7-13)11-5-2-6-14-11/h1,3-4,11,14H,2,5-6H2. The molecule has 0 spiro atoms. The molecule has 3 heteroatoms. The van der Waals surface area contributed by atoms with Crippen LogP contribution in [0.15, 0.2) is 18.2 Å². The fourth-order valence-corrected chi connectivity index (χ4v) is 1.90. The maximum absolute atomic E-state index is 13.3. The summed E-state index contributed by atoms with van der Waals surface area (Å²) in [5.41, 5.74) is 0.983. The molecule has 1 heterocycles. The van der Waals surface area contributed by atoms with Crippen LogP contribution >= 0.6 is 0 Å². The van der Waals surface area contributed by atoms with E-state index >= 15 is 0 Å². The summed E-state index contributed by atoms with van der Waals surface area (Å²) in [6.45, 7) is 0.950. The highest BCUT2D eigenvalue weighted by Gasteiger charge is 2.20. The Balaban J connectivity index is 2.42. The van der Waals surface area contributed by atoms with Gasteiger partial charge in [-0.1, -0.05) is 12.1 Å². The van der Waals surface area contributed by atoms with E-state index < -0.39 is 5.82 Å². The fraction of sp³-hybridized carbons (Fsp3) is 0.364. The minimum Gasteiger partial charge on any atom is -0.310 e. The van der Waals surface area contributed by atoms with Crippen molar-refractivity contribution in [2.45, 2.75) is 18.9 Å². The molecule has 2 nitrogen and oxygen atoms in total. The Morgan fingerprint density at radius 1 is 1.50 bits per heavy atom. The first kappa shape index (κ1) is 9.17. The molecule has 1 aromatic rings. The topological polar surface area (TPSA) is 35.8 Å². The molecule has 2 rings (SSSR count). The summed E-state index contributed by atoms with van der Waals surface area (Å²) >= 11 is 0. The van der Waals surface area contributed by atoms with Crippen LogP contribution in [-0.2, 0) is 0 Å². The van der Waals surface area contributed by atoms with Gasteiger partial charge in [0.05, 0.1) is 5.56 Å². The highest BCUT2D eigenvalue weighted by Crippen LogP contribution is 2.26. The Morgan fingerprint density at radius 3 is 3.00 bits per heavy atom. The van der Waals surface area contributed by atoms with Crippen molar-refractivity contribution in [3.8, 4) is 6.07 Å². The van der Waals surface area contributed by atoms with Crippen molar-refractivity contribution in [2.75, 3.05) is 6.54 Å². The Morgan fingerprint density at radius 2 is 2.36 bits per heavy atom. The van der Waals surface area contributed by atoms with Crippen LogP contribution in [-0.4, -0.2) is 6.54 Å². The highest BCUT2D eigenvalue weighted by molar-refractivity contribution is 5.41. The van der Waals surface area contributed by atoms with E-state index in [-0.39, 0.29) is 11.6 Å². The minimum absolute atomic E-state index is 0.153. The molecular weight excluding hydrogens is 179 g/mol. The lowest BCUT2D eigenvalue weighted by Crippen LogP contribution is -2.14. The lowest BCUT2D eigenvalue weighted by atomic mass is 9.99. The van der Waals surface area contributed by atoms with Crippen LogP contribution in [0.3, 0.4) is 0 Å². The molecule has 0 amide bonds. The van der Waals surface area contributed by atoms with Crippen molar-refractivity contribution in [2.24, 2.45) is 0 Å². The SMILES string of the molecule is N#Cc1c(F)cccc1C1CCCN1. The van der Waals surface area contributed by atoms with Crippen molar-refractivity contribution >= 4 is 0 Å². The normalized spacial score (nSPS) is 20.7. The quantitative estimate of drug-likeness (QED) is 0.736. The second-order valence-electron chi connectivity index (χ2n) is 3.46. The zero-order valence-electron chi connectivity index (χ0n) is 7.76. The molecule has 0 radical (unpaired) electrons. The second-order valence-corrected chi connectivity index (χ2v) is 3.46. The van der Waals surface area contributed by atoms with Gasteiger partial charge in [-0.3, -0.25) is 0 Å². The zero-order valence-corrected chi connectivity index (χ0v) is 7.76. The van der Waals surface area contributed by atoms with Crippen LogP contribution < -0.4 is 5.32 Å². The van der Waals surface area contributed by atoms with E-state index in [9.17, 15) is 4.39 Å². The molecule has 14 heavy (non-hydrogen) atoms. The largest absolute Gasteiger partial charge is 0.310 e. The van der Waals surface area contributed by atoms with E-state index in [2.05, 4.69) is 5.32 Å². The predicted octanol–water partition coefficient (Wildman–Crippen LogP) is 2.12. The van der Waals surface area contributed by atoms with Gasteiger partial charge >= 0.3 is 0 Å². The average molecular weight is 190 g/mol. The third-order valence-electron chi connectivity index (χ3n) is 2.59. The van der Waals surface area contributed by atoms with Crippen LogP contribution in [0.5, 0.6) is 0 Å². The first-order valence-electron chi connectivity index (χ1n) is 4.75. The number of halogens is 1. The number of nitrogens with zero attached hydrogens (tertiary/aromatic N) is 1. The number of rotatable bonds is 1. The third kappa shape index (κ3) is 1.49. The molecule has 1 aliphatic heterocycles. The maximum atomic E-state index is 13.3. The Labute approximate surface area is 82.4 Å². The Hall–Kier alpha value is -1.40. The number of hydrogen-bond donors (Lipinski definition) is 1. The molecule has 0 aliphatic carbocycles. The van der Waals surface area contributed by atoms with Crippen molar-refractivity contribution in [3.05, 3.63) is 35.1 Å². The average Bonchev–Trinajstić information content (AvgIpc) is 2.70. The molecule has 72 valence electrons. The van der Waals surface area contributed by atoms with Gasteiger partial charge in [-0.2, -0.15) is 5.26 Å². The summed E-state index contributed by atoms with van der Waals surface area (Å²) in [7, 11) is 0. The summed E-state index contributed by atoms with van der Waals surface area (Å²) in [5.74, 6) is -0.418. The number of hydrogen-bond acceptors (Lipinski definition) is 2. The summed E-state index contributed by atoms with van der Waals surface area (Å²) in [4.78, 5) is 0. The van der Waals surface area contributed by atoms with E-state index in [0.29, 0.717) is 0 Å². The Bertz CT molecular complexity index is 375. The molecule has 1 saturated heterocycles. The van der Waals surface area contributed by atoms with E-state index in [0.717, 1.165) is 24.9 Å². The third-order valence-corrected chi connectivity index (χ3v) is 2.59. The van der Waals surface area contributed by atoms with Crippen molar-refractivity contribution in [1.29, 1.82) is 5.26 Å². The molecule has 1 aromatic carbocycles. The van der Waals surface area contributed by atoms with Crippen molar-refractivity contribution in [1.82, 2.24) is 5.32 Å². The first-order chi connectivity index (χ1) is 6.83. The molecule has 1 fully saturated rings. The van der Waals surface area contributed by atoms with Gasteiger partial charge in [-0.05, 0) is 31.0 Å². The number of nitrogens with one attached hydrogen (secondary N) is 1. The molecule has 0 aromatic heterocycles. The highest BCUT2D eigenvalue weighted by atomic mass is 19.1. The van der Waals surface area contributed by atoms with Gasteiger partial charge in [0.1, 0.15) is 11.9 Å². The first-order valence-corrected chi connectivity index (χ1v) is 4.75. The fourth-order valence-electron chi connectivity index (χ4n) is 1.90.